The number of hydrogen-bond donors (Lipinski definition) is 1. The first-order valence-corrected chi connectivity index (χ1v) is 8.18. The molecule has 124 valence electrons. The van der Waals surface area contributed by atoms with Crippen molar-refractivity contribution < 1.29 is 4.74 Å². The van der Waals surface area contributed by atoms with E-state index in [0.29, 0.717) is 0 Å². The van der Waals surface area contributed by atoms with E-state index in [-0.39, 0.29) is 6.04 Å². The minimum Gasteiger partial charge on any atom is -0.457 e. The molecule has 0 saturated heterocycles. The van der Waals surface area contributed by atoms with Gasteiger partial charge in [0.25, 0.3) is 0 Å². The van der Waals surface area contributed by atoms with Gasteiger partial charge in [-0.3, -0.25) is 4.68 Å². The first kappa shape index (κ1) is 16.3. The van der Waals surface area contributed by atoms with Crippen LogP contribution < -0.4 is 10.1 Å². The van der Waals surface area contributed by atoms with Crippen molar-refractivity contribution in [3.05, 3.63) is 77.6 Å². The van der Waals surface area contributed by atoms with Crippen LogP contribution >= 0.6 is 0 Å². The van der Waals surface area contributed by atoms with Gasteiger partial charge in [-0.1, -0.05) is 36.4 Å². The molecule has 1 aromatic heterocycles. The standard InChI is InChI=1S/C20H23N3O/c1-15-8-4-6-10-19(15)24-20-11-7-5-9-17(20)14-21-16(2)18-12-13-22-23(18)3/h4-13,16,21H,14H2,1-3H3. The molecule has 0 spiro atoms. The molecule has 2 aromatic carbocycles. The zero-order chi connectivity index (χ0) is 16.9. The molecule has 0 amide bonds. The fraction of sp³-hybridized carbons (Fsp3) is 0.250. The Balaban J connectivity index is 1.73. The van der Waals surface area contributed by atoms with Crippen molar-refractivity contribution in [3.63, 3.8) is 0 Å². The molecule has 1 unspecified atom stereocenters. The van der Waals surface area contributed by atoms with Crippen molar-refractivity contribution in [1.29, 1.82) is 0 Å². The number of para-hydroxylation sites is 2. The van der Waals surface area contributed by atoms with Gasteiger partial charge in [0, 0.05) is 31.4 Å². The predicted molar refractivity (Wildman–Crippen MR) is 96.2 cm³/mol. The highest BCUT2D eigenvalue weighted by Gasteiger charge is 2.11. The number of hydrogen-bond acceptors (Lipinski definition) is 3. The monoisotopic (exact) mass is 321 g/mol. The lowest BCUT2D eigenvalue weighted by Crippen LogP contribution is -2.20. The number of nitrogens with zero attached hydrogens (tertiary/aromatic N) is 2. The molecular formula is C20H23N3O. The summed E-state index contributed by atoms with van der Waals surface area (Å²) in [5.74, 6) is 1.78. The average Bonchev–Trinajstić information content (AvgIpc) is 3.02. The zero-order valence-electron chi connectivity index (χ0n) is 14.4. The number of nitrogens with one attached hydrogen (secondary N) is 1. The van der Waals surface area contributed by atoms with Crippen LogP contribution in [0.2, 0.25) is 0 Å². The summed E-state index contributed by atoms with van der Waals surface area (Å²) in [6.07, 6.45) is 1.82. The molecule has 3 aromatic rings. The smallest absolute Gasteiger partial charge is 0.131 e. The molecule has 0 aliphatic heterocycles. The highest BCUT2D eigenvalue weighted by atomic mass is 16.5. The molecule has 1 atom stereocenters. The van der Waals surface area contributed by atoms with E-state index in [1.54, 1.807) is 0 Å². The predicted octanol–water partition coefficient (Wildman–Crippen LogP) is 4.37. The van der Waals surface area contributed by atoms with Gasteiger partial charge in [-0.2, -0.15) is 5.10 Å². The quantitative estimate of drug-likeness (QED) is 0.732. The van der Waals surface area contributed by atoms with Crippen molar-refractivity contribution in [1.82, 2.24) is 15.1 Å². The lowest BCUT2D eigenvalue weighted by Gasteiger charge is -2.17. The van der Waals surface area contributed by atoms with Gasteiger partial charge in [0.05, 0.1) is 5.69 Å². The molecule has 24 heavy (non-hydrogen) atoms. The molecule has 0 radical (unpaired) electrons. The van der Waals surface area contributed by atoms with Gasteiger partial charge in [-0.05, 0) is 37.6 Å². The zero-order valence-corrected chi connectivity index (χ0v) is 14.4. The Morgan fingerprint density at radius 1 is 1.04 bits per heavy atom. The minimum absolute atomic E-state index is 0.212. The third-order valence-corrected chi connectivity index (χ3v) is 4.19. The van der Waals surface area contributed by atoms with Crippen LogP contribution in [-0.2, 0) is 13.6 Å². The summed E-state index contributed by atoms with van der Waals surface area (Å²) in [5.41, 5.74) is 3.42. The van der Waals surface area contributed by atoms with Gasteiger partial charge in [-0.15, -0.1) is 0 Å². The third kappa shape index (κ3) is 3.66. The molecule has 1 N–H and O–H groups in total. The largest absolute Gasteiger partial charge is 0.457 e. The number of benzene rings is 2. The molecule has 0 fully saturated rings. The second-order valence-electron chi connectivity index (χ2n) is 5.96. The van der Waals surface area contributed by atoms with Gasteiger partial charge in [-0.25, -0.2) is 0 Å². The van der Waals surface area contributed by atoms with Crippen LogP contribution in [0, 0.1) is 6.92 Å². The van der Waals surface area contributed by atoms with Crippen molar-refractivity contribution in [2.24, 2.45) is 7.05 Å². The van der Waals surface area contributed by atoms with Gasteiger partial charge < -0.3 is 10.1 Å². The van der Waals surface area contributed by atoms with E-state index in [4.69, 9.17) is 4.74 Å². The van der Waals surface area contributed by atoms with Crippen LogP contribution in [0.25, 0.3) is 0 Å². The maximum Gasteiger partial charge on any atom is 0.131 e. The van der Waals surface area contributed by atoms with E-state index in [9.17, 15) is 0 Å². The van der Waals surface area contributed by atoms with Crippen LogP contribution in [0.1, 0.15) is 29.8 Å². The van der Waals surface area contributed by atoms with Gasteiger partial charge in [0.1, 0.15) is 11.5 Å². The summed E-state index contributed by atoms with van der Waals surface area (Å²) in [4.78, 5) is 0. The van der Waals surface area contributed by atoms with E-state index in [0.717, 1.165) is 34.9 Å². The topological polar surface area (TPSA) is 39.1 Å². The number of rotatable bonds is 6. The molecular weight excluding hydrogens is 298 g/mol. The molecule has 4 heteroatoms. The Hall–Kier alpha value is -2.59. The summed E-state index contributed by atoms with van der Waals surface area (Å²) < 4.78 is 8.03. The normalized spacial score (nSPS) is 12.1. The summed E-state index contributed by atoms with van der Waals surface area (Å²) >= 11 is 0. The first-order chi connectivity index (χ1) is 11.6. The molecule has 0 aliphatic carbocycles. The second kappa shape index (κ2) is 7.32. The first-order valence-electron chi connectivity index (χ1n) is 8.18. The second-order valence-corrected chi connectivity index (χ2v) is 5.96. The Morgan fingerprint density at radius 2 is 1.75 bits per heavy atom. The Kier molecular flexibility index (Phi) is 4.96. The van der Waals surface area contributed by atoms with E-state index in [1.807, 2.05) is 60.4 Å². The average molecular weight is 321 g/mol. The molecule has 0 saturated carbocycles. The van der Waals surface area contributed by atoms with Gasteiger partial charge in [0.2, 0.25) is 0 Å². The lowest BCUT2D eigenvalue weighted by atomic mass is 10.1. The molecule has 3 rings (SSSR count). The van der Waals surface area contributed by atoms with Crippen LogP contribution in [0.15, 0.2) is 60.8 Å². The number of aryl methyl sites for hydroxylation is 2. The maximum absolute atomic E-state index is 6.13. The van der Waals surface area contributed by atoms with E-state index < -0.39 is 0 Å². The van der Waals surface area contributed by atoms with Gasteiger partial charge in [0.15, 0.2) is 0 Å². The van der Waals surface area contributed by atoms with Crippen molar-refractivity contribution in [2.75, 3.05) is 0 Å². The molecule has 0 bridgehead atoms. The summed E-state index contributed by atoms with van der Waals surface area (Å²) in [7, 11) is 1.96. The van der Waals surface area contributed by atoms with Crippen LogP contribution in [0.5, 0.6) is 11.5 Å². The van der Waals surface area contributed by atoms with Crippen molar-refractivity contribution in [3.8, 4) is 11.5 Å². The number of ether oxygens (including phenoxy) is 1. The number of aromatic nitrogens is 2. The van der Waals surface area contributed by atoms with Crippen molar-refractivity contribution in [2.45, 2.75) is 26.4 Å². The fourth-order valence-electron chi connectivity index (χ4n) is 2.72. The minimum atomic E-state index is 0.212. The summed E-state index contributed by atoms with van der Waals surface area (Å²) in [6, 6.07) is 18.5. The third-order valence-electron chi connectivity index (χ3n) is 4.19. The summed E-state index contributed by atoms with van der Waals surface area (Å²) in [5, 5.41) is 7.77. The van der Waals surface area contributed by atoms with Crippen LogP contribution in [0.3, 0.4) is 0 Å². The van der Waals surface area contributed by atoms with Crippen LogP contribution in [-0.4, -0.2) is 9.78 Å². The maximum atomic E-state index is 6.13. The van der Waals surface area contributed by atoms with E-state index in [2.05, 4.69) is 36.4 Å². The van der Waals surface area contributed by atoms with E-state index in [1.165, 1.54) is 0 Å². The molecule has 4 nitrogen and oxygen atoms in total. The van der Waals surface area contributed by atoms with Crippen molar-refractivity contribution >= 4 is 0 Å². The summed E-state index contributed by atoms with van der Waals surface area (Å²) in [6.45, 7) is 4.93. The van der Waals surface area contributed by atoms with E-state index >= 15 is 0 Å². The van der Waals surface area contributed by atoms with Crippen LogP contribution in [0.4, 0.5) is 0 Å². The lowest BCUT2D eigenvalue weighted by molar-refractivity contribution is 0.462. The molecule has 1 heterocycles. The fourth-order valence-corrected chi connectivity index (χ4v) is 2.72. The Morgan fingerprint density at radius 3 is 2.46 bits per heavy atom. The van der Waals surface area contributed by atoms with Gasteiger partial charge >= 0.3 is 0 Å². The highest BCUT2D eigenvalue weighted by molar-refractivity contribution is 5.40. The molecule has 0 aliphatic rings. The SMILES string of the molecule is Cc1ccccc1Oc1ccccc1CNC(C)c1ccnn1C. The Bertz CT molecular complexity index is 810. The Labute approximate surface area is 143 Å². The highest BCUT2D eigenvalue weighted by Crippen LogP contribution is 2.28.